The van der Waals surface area contributed by atoms with E-state index in [2.05, 4.69) is 36.4 Å². The maximum Gasteiger partial charge on any atom is 0.267 e. The molecule has 0 aliphatic rings. The molecular formula is C16H31N3O3. The lowest BCUT2D eigenvalue weighted by Gasteiger charge is -2.15. The third-order valence-corrected chi connectivity index (χ3v) is 3.41. The molecule has 0 aromatic carbocycles. The molecule has 0 aromatic heterocycles. The second kappa shape index (κ2) is 12.0. The maximum absolute atomic E-state index is 11.7. The maximum atomic E-state index is 11.7. The summed E-state index contributed by atoms with van der Waals surface area (Å²) in [5.74, 6) is -0.596. The smallest absolute Gasteiger partial charge is 0.267 e. The number of rotatable bonds is 12. The van der Waals surface area contributed by atoms with Gasteiger partial charge in [-0.2, -0.15) is 0 Å². The van der Waals surface area contributed by atoms with Gasteiger partial charge in [-0.1, -0.05) is 27.4 Å². The van der Waals surface area contributed by atoms with Crippen molar-refractivity contribution in [2.24, 2.45) is 0 Å². The van der Waals surface area contributed by atoms with Crippen LogP contribution in [0.1, 0.15) is 47.0 Å². The van der Waals surface area contributed by atoms with Crippen LogP contribution >= 0.6 is 0 Å². The first kappa shape index (κ1) is 20.4. The van der Waals surface area contributed by atoms with Crippen LogP contribution < -0.4 is 16.0 Å². The molecule has 0 spiro atoms. The van der Waals surface area contributed by atoms with Crippen LogP contribution in [0, 0.1) is 0 Å². The Balaban J connectivity index is 3.80. The van der Waals surface area contributed by atoms with E-state index in [4.69, 9.17) is 4.74 Å². The van der Waals surface area contributed by atoms with Crippen molar-refractivity contribution >= 4 is 11.8 Å². The predicted octanol–water partition coefficient (Wildman–Crippen LogP) is 1.33. The number of hydrogen-bond donors (Lipinski definition) is 3. The van der Waals surface area contributed by atoms with E-state index < -0.39 is 0 Å². The Labute approximate surface area is 134 Å². The van der Waals surface area contributed by atoms with E-state index in [0.717, 1.165) is 19.3 Å². The molecule has 3 N–H and O–H groups in total. The van der Waals surface area contributed by atoms with Gasteiger partial charge in [0.05, 0.1) is 25.0 Å². The Hall–Kier alpha value is -1.56. The Morgan fingerprint density at radius 1 is 1.09 bits per heavy atom. The molecule has 0 bridgehead atoms. The van der Waals surface area contributed by atoms with Crippen LogP contribution in [0.15, 0.2) is 12.3 Å². The highest BCUT2D eigenvalue weighted by Crippen LogP contribution is 2.01. The third-order valence-electron chi connectivity index (χ3n) is 3.41. The second-order valence-corrected chi connectivity index (χ2v) is 5.27. The summed E-state index contributed by atoms with van der Waals surface area (Å²) in [5, 5.41) is 8.21. The first-order chi connectivity index (χ1) is 10.4. The van der Waals surface area contributed by atoms with Crippen molar-refractivity contribution in [3.8, 4) is 0 Å². The van der Waals surface area contributed by atoms with Crippen molar-refractivity contribution in [3.05, 3.63) is 12.3 Å². The third kappa shape index (κ3) is 9.39. The standard InChI is InChI=1S/C16H31N3O3/c1-6-12(4)19-13(5)16(21)18-11-15(20)17-9-10-22-14(7-2)8-3/h12,14,19H,5-11H2,1-4H3,(H,17,20)(H,18,21). The van der Waals surface area contributed by atoms with Gasteiger partial charge in [0, 0.05) is 12.6 Å². The van der Waals surface area contributed by atoms with E-state index in [0.29, 0.717) is 13.2 Å². The Morgan fingerprint density at radius 2 is 1.73 bits per heavy atom. The largest absolute Gasteiger partial charge is 0.379 e. The van der Waals surface area contributed by atoms with Crippen molar-refractivity contribution in [1.82, 2.24) is 16.0 Å². The average Bonchev–Trinajstić information content (AvgIpc) is 2.52. The highest BCUT2D eigenvalue weighted by molar-refractivity contribution is 5.94. The van der Waals surface area contributed by atoms with Crippen LogP contribution in [0.4, 0.5) is 0 Å². The zero-order valence-electron chi connectivity index (χ0n) is 14.3. The first-order valence-corrected chi connectivity index (χ1v) is 8.06. The first-order valence-electron chi connectivity index (χ1n) is 8.06. The van der Waals surface area contributed by atoms with Crippen molar-refractivity contribution in [3.63, 3.8) is 0 Å². The molecule has 0 saturated heterocycles. The van der Waals surface area contributed by atoms with Gasteiger partial charge < -0.3 is 20.7 Å². The number of ether oxygens (including phenoxy) is 1. The van der Waals surface area contributed by atoms with Crippen molar-refractivity contribution in [2.75, 3.05) is 19.7 Å². The van der Waals surface area contributed by atoms with Gasteiger partial charge in [0.1, 0.15) is 0 Å². The molecule has 0 radical (unpaired) electrons. The summed E-state index contributed by atoms with van der Waals surface area (Å²) in [4.78, 5) is 23.3. The molecule has 1 unspecified atom stereocenters. The van der Waals surface area contributed by atoms with Gasteiger partial charge in [-0.15, -0.1) is 0 Å². The molecule has 0 saturated carbocycles. The molecule has 0 fully saturated rings. The molecule has 0 heterocycles. The Morgan fingerprint density at radius 3 is 2.27 bits per heavy atom. The quantitative estimate of drug-likeness (QED) is 0.375. The zero-order valence-corrected chi connectivity index (χ0v) is 14.3. The molecule has 128 valence electrons. The van der Waals surface area contributed by atoms with Gasteiger partial charge >= 0.3 is 0 Å². The summed E-state index contributed by atoms with van der Waals surface area (Å²) in [6.07, 6.45) is 3.06. The summed E-state index contributed by atoms with van der Waals surface area (Å²) in [6.45, 7) is 12.6. The van der Waals surface area contributed by atoms with Gasteiger partial charge in [-0.25, -0.2) is 0 Å². The lowest BCUT2D eigenvalue weighted by molar-refractivity contribution is -0.124. The van der Waals surface area contributed by atoms with Crippen LogP contribution in [0.5, 0.6) is 0 Å². The number of hydrogen-bond acceptors (Lipinski definition) is 4. The molecule has 2 amide bonds. The summed E-state index contributed by atoms with van der Waals surface area (Å²) in [7, 11) is 0. The number of nitrogens with one attached hydrogen (secondary N) is 3. The highest BCUT2D eigenvalue weighted by atomic mass is 16.5. The molecule has 0 aliphatic heterocycles. The second-order valence-electron chi connectivity index (χ2n) is 5.27. The number of carbonyl (C=O) groups is 2. The van der Waals surface area contributed by atoms with Gasteiger partial charge in [-0.3, -0.25) is 9.59 Å². The van der Waals surface area contributed by atoms with Crippen LogP contribution in [0.3, 0.4) is 0 Å². The predicted molar refractivity (Wildman–Crippen MR) is 88.4 cm³/mol. The monoisotopic (exact) mass is 313 g/mol. The molecule has 6 heteroatoms. The van der Waals surface area contributed by atoms with Crippen molar-refractivity contribution in [2.45, 2.75) is 59.1 Å². The van der Waals surface area contributed by atoms with Gasteiger partial charge in [0.2, 0.25) is 5.91 Å². The summed E-state index contributed by atoms with van der Waals surface area (Å²) in [6, 6.07) is 0.175. The van der Waals surface area contributed by atoms with E-state index in [1.165, 1.54) is 0 Å². The number of amides is 2. The molecule has 0 aliphatic carbocycles. The van der Waals surface area contributed by atoms with Crippen LogP contribution in [-0.2, 0) is 14.3 Å². The SMILES string of the molecule is C=C(NC(C)CC)C(=O)NCC(=O)NCCOC(CC)CC. The lowest BCUT2D eigenvalue weighted by atomic mass is 10.2. The van der Waals surface area contributed by atoms with E-state index in [1.807, 2.05) is 13.8 Å². The zero-order chi connectivity index (χ0) is 17.0. The van der Waals surface area contributed by atoms with Crippen LogP contribution in [0.2, 0.25) is 0 Å². The summed E-state index contributed by atoms with van der Waals surface area (Å²) >= 11 is 0. The van der Waals surface area contributed by atoms with E-state index >= 15 is 0 Å². The summed E-state index contributed by atoms with van der Waals surface area (Å²) < 4.78 is 5.58. The van der Waals surface area contributed by atoms with Crippen LogP contribution in [0.25, 0.3) is 0 Å². The topological polar surface area (TPSA) is 79.5 Å². The average molecular weight is 313 g/mol. The molecule has 0 aromatic rings. The minimum Gasteiger partial charge on any atom is -0.379 e. The fourth-order valence-corrected chi connectivity index (χ4v) is 1.74. The fraction of sp³-hybridized carbons (Fsp3) is 0.750. The normalized spacial score (nSPS) is 11.9. The molecule has 0 rings (SSSR count). The summed E-state index contributed by atoms with van der Waals surface area (Å²) in [5.41, 5.74) is 0.277. The minimum atomic E-state index is -0.358. The van der Waals surface area contributed by atoms with Gasteiger partial charge in [0.15, 0.2) is 0 Å². The van der Waals surface area contributed by atoms with Crippen molar-refractivity contribution in [1.29, 1.82) is 0 Å². The fourth-order valence-electron chi connectivity index (χ4n) is 1.74. The van der Waals surface area contributed by atoms with Crippen molar-refractivity contribution < 1.29 is 14.3 Å². The van der Waals surface area contributed by atoms with E-state index in [9.17, 15) is 9.59 Å². The van der Waals surface area contributed by atoms with E-state index in [-0.39, 0.29) is 36.2 Å². The highest BCUT2D eigenvalue weighted by Gasteiger charge is 2.10. The lowest BCUT2D eigenvalue weighted by Crippen LogP contribution is -2.41. The molecule has 6 nitrogen and oxygen atoms in total. The molecule has 1 atom stereocenters. The van der Waals surface area contributed by atoms with Gasteiger partial charge in [0.25, 0.3) is 5.91 Å². The van der Waals surface area contributed by atoms with E-state index in [1.54, 1.807) is 0 Å². The minimum absolute atomic E-state index is 0.0645. The molecule has 22 heavy (non-hydrogen) atoms. The Bertz CT molecular complexity index is 355. The van der Waals surface area contributed by atoms with Crippen LogP contribution in [-0.4, -0.2) is 43.7 Å². The van der Waals surface area contributed by atoms with Gasteiger partial charge in [-0.05, 0) is 26.2 Å². The Kier molecular flexibility index (Phi) is 11.2. The number of carbonyl (C=O) groups excluding carboxylic acids is 2. The molecular weight excluding hydrogens is 282 g/mol.